The van der Waals surface area contributed by atoms with Crippen LogP contribution in [0.5, 0.6) is 5.88 Å². The van der Waals surface area contributed by atoms with Crippen molar-refractivity contribution < 1.29 is 9.84 Å². The van der Waals surface area contributed by atoms with Crippen LogP contribution >= 0.6 is 0 Å². The second-order valence-electron chi connectivity index (χ2n) is 3.41. The summed E-state index contributed by atoms with van der Waals surface area (Å²) in [6.07, 6.45) is 5.41. The summed E-state index contributed by atoms with van der Waals surface area (Å²) in [6.45, 7) is 1.63. The quantitative estimate of drug-likeness (QED) is 0.850. The van der Waals surface area contributed by atoms with E-state index in [0.29, 0.717) is 23.0 Å². The van der Waals surface area contributed by atoms with Crippen molar-refractivity contribution in [2.24, 2.45) is 0 Å². The van der Waals surface area contributed by atoms with Crippen molar-refractivity contribution in [1.82, 2.24) is 19.9 Å². The first-order valence-electron chi connectivity index (χ1n) is 5.07. The number of ether oxygens (including phenoxy) is 1. The molecule has 1 N–H and O–H groups in total. The van der Waals surface area contributed by atoms with Gasteiger partial charge in [0.25, 0.3) is 0 Å². The van der Waals surface area contributed by atoms with Crippen LogP contribution in [0.25, 0.3) is 11.4 Å². The van der Waals surface area contributed by atoms with Gasteiger partial charge in [-0.15, -0.1) is 0 Å². The zero-order chi connectivity index (χ0) is 12.3. The summed E-state index contributed by atoms with van der Waals surface area (Å²) in [5.41, 5.74) is 1.56. The van der Waals surface area contributed by atoms with E-state index in [2.05, 4.69) is 19.9 Å². The van der Waals surface area contributed by atoms with Gasteiger partial charge < -0.3 is 9.84 Å². The lowest BCUT2D eigenvalue weighted by atomic mass is 10.2. The van der Waals surface area contributed by atoms with E-state index in [0.717, 1.165) is 0 Å². The highest BCUT2D eigenvalue weighted by Crippen LogP contribution is 2.22. The third-order valence-corrected chi connectivity index (χ3v) is 2.20. The summed E-state index contributed by atoms with van der Waals surface area (Å²) in [7, 11) is 1.52. The Bertz CT molecular complexity index is 499. The van der Waals surface area contributed by atoms with Crippen molar-refractivity contribution in [1.29, 1.82) is 0 Å². The Kier molecular flexibility index (Phi) is 3.24. The Morgan fingerprint density at radius 1 is 1.12 bits per heavy atom. The van der Waals surface area contributed by atoms with Crippen LogP contribution < -0.4 is 4.74 Å². The molecular weight excluding hydrogens is 220 g/mol. The van der Waals surface area contributed by atoms with Crippen LogP contribution in [0, 0.1) is 0 Å². The molecule has 88 valence electrons. The largest absolute Gasteiger partial charge is 0.480 e. The van der Waals surface area contributed by atoms with Crippen molar-refractivity contribution in [2.75, 3.05) is 7.11 Å². The van der Waals surface area contributed by atoms with Crippen LogP contribution in [-0.2, 0) is 0 Å². The Morgan fingerprint density at radius 3 is 2.47 bits per heavy atom. The summed E-state index contributed by atoms with van der Waals surface area (Å²) < 4.78 is 4.92. The van der Waals surface area contributed by atoms with Gasteiger partial charge in [0.05, 0.1) is 31.3 Å². The van der Waals surface area contributed by atoms with Crippen LogP contribution in [0.2, 0.25) is 0 Å². The molecule has 2 aromatic rings. The van der Waals surface area contributed by atoms with Crippen LogP contribution in [0.4, 0.5) is 0 Å². The molecule has 2 heterocycles. The number of aliphatic hydroxyl groups excluding tert-OH is 1. The Balaban J connectivity index is 2.45. The van der Waals surface area contributed by atoms with Crippen LogP contribution in [-0.4, -0.2) is 32.2 Å². The summed E-state index contributed by atoms with van der Waals surface area (Å²) >= 11 is 0. The summed E-state index contributed by atoms with van der Waals surface area (Å²) in [6, 6.07) is 0. The molecule has 0 saturated carbocycles. The first-order chi connectivity index (χ1) is 8.22. The van der Waals surface area contributed by atoms with Crippen molar-refractivity contribution >= 4 is 0 Å². The number of hydrogen-bond donors (Lipinski definition) is 1. The number of aliphatic hydroxyl groups is 1. The van der Waals surface area contributed by atoms with Gasteiger partial charge in [0.2, 0.25) is 5.88 Å². The Labute approximate surface area is 98.4 Å². The predicted octanol–water partition coefficient (Wildman–Crippen LogP) is 0.995. The molecule has 0 aliphatic rings. The van der Waals surface area contributed by atoms with Crippen molar-refractivity contribution in [3.8, 4) is 17.3 Å². The number of hydrogen-bond acceptors (Lipinski definition) is 6. The lowest BCUT2D eigenvalue weighted by Gasteiger charge is -2.08. The van der Waals surface area contributed by atoms with Crippen molar-refractivity contribution in [2.45, 2.75) is 13.0 Å². The minimum Gasteiger partial charge on any atom is -0.480 e. The molecule has 0 aliphatic carbocycles. The molecule has 6 nitrogen and oxygen atoms in total. The molecule has 1 unspecified atom stereocenters. The van der Waals surface area contributed by atoms with Gasteiger partial charge in [-0.2, -0.15) is 0 Å². The van der Waals surface area contributed by atoms with Crippen molar-refractivity contribution in [3.63, 3.8) is 0 Å². The molecule has 1 atom stereocenters. The van der Waals surface area contributed by atoms with Crippen molar-refractivity contribution in [3.05, 3.63) is 30.5 Å². The van der Waals surface area contributed by atoms with E-state index >= 15 is 0 Å². The fraction of sp³-hybridized carbons (Fsp3) is 0.273. The number of aromatic nitrogens is 4. The van der Waals surface area contributed by atoms with E-state index in [1.807, 2.05) is 0 Å². The number of nitrogens with zero attached hydrogens (tertiary/aromatic N) is 4. The zero-order valence-corrected chi connectivity index (χ0v) is 9.53. The highest BCUT2D eigenvalue weighted by molar-refractivity contribution is 5.56. The molecule has 0 aliphatic heterocycles. The van der Waals surface area contributed by atoms with Gasteiger partial charge in [-0.3, -0.25) is 9.97 Å². The van der Waals surface area contributed by atoms with Gasteiger partial charge in [0.1, 0.15) is 11.4 Å². The second kappa shape index (κ2) is 4.84. The first kappa shape index (κ1) is 11.4. The van der Waals surface area contributed by atoms with Crippen LogP contribution in [0.1, 0.15) is 18.7 Å². The molecule has 6 heteroatoms. The van der Waals surface area contributed by atoms with Gasteiger partial charge >= 0.3 is 0 Å². The molecule has 0 saturated heterocycles. The molecule has 0 radical (unpaired) electrons. The second-order valence-corrected chi connectivity index (χ2v) is 3.41. The van der Waals surface area contributed by atoms with E-state index in [1.54, 1.807) is 13.1 Å². The predicted molar refractivity (Wildman–Crippen MR) is 60.2 cm³/mol. The topological polar surface area (TPSA) is 81.0 Å². The summed E-state index contributed by atoms with van der Waals surface area (Å²) in [5.74, 6) is 0.427. The van der Waals surface area contributed by atoms with Gasteiger partial charge in [0, 0.05) is 12.4 Å². The van der Waals surface area contributed by atoms with E-state index in [9.17, 15) is 5.11 Å². The number of rotatable bonds is 3. The molecule has 0 amide bonds. The molecule has 0 bridgehead atoms. The summed E-state index contributed by atoms with van der Waals surface area (Å²) in [5, 5.41) is 9.59. The highest BCUT2D eigenvalue weighted by atomic mass is 16.5. The first-order valence-corrected chi connectivity index (χ1v) is 5.07. The molecule has 2 rings (SSSR count). The standard InChI is InChI=1S/C11H12N4O2/c1-7(16)10-11(13-4-3-12-10)8-5-15-9(17-2)6-14-8/h3-7,16H,1-2H3. The molecule has 0 fully saturated rings. The zero-order valence-electron chi connectivity index (χ0n) is 9.53. The van der Waals surface area contributed by atoms with Crippen LogP contribution in [0.15, 0.2) is 24.8 Å². The van der Waals surface area contributed by atoms with E-state index in [-0.39, 0.29) is 0 Å². The lowest BCUT2D eigenvalue weighted by molar-refractivity contribution is 0.194. The maximum atomic E-state index is 9.59. The smallest absolute Gasteiger partial charge is 0.232 e. The van der Waals surface area contributed by atoms with Gasteiger partial charge in [-0.25, -0.2) is 9.97 Å². The Hall–Kier alpha value is -2.08. The van der Waals surface area contributed by atoms with Gasteiger partial charge in [-0.1, -0.05) is 0 Å². The fourth-order valence-electron chi connectivity index (χ4n) is 1.40. The fourth-order valence-corrected chi connectivity index (χ4v) is 1.40. The normalized spacial score (nSPS) is 12.2. The molecule has 0 aromatic carbocycles. The van der Waals surface area contributed by atoms with Gasteiger partial charge in [0.15, 0.2) is 0 Å². The third kappa shape index (κ3) is 2.36. The molecule has 2 aromatic heterocycles. The van der Waals surface area contributed by atoms with Gasteiger partial charge in [-0.05, 0) is 6.92 Å². The maximum absolute atomic E-state index is 9.59. The van der Waals surface area contributed by atoms with E-state index in [4.69, 9.17) is 4.74 Å². The molecule has 17 heavy (non-hydrogen) atoms. The SMILES string of the molecule is COc1cnc(-c2nccnc2C(C)O)cn1. The Morgan fingerprint density at radius 2 is 1.88 bits per heavy atom. The molecular formula is C11H12N4O2. The average Bonchev–Trinajstić information content (AvgIpc) is 2.39. The summed E-state index contributed by atoms with van der Waals surface area (Å²) in [4.78, 5) is 16.4. The van der Waals surface area contributed by atoms with E-state index in [1.165, 1.54) is 25.7 Å². The minimum absolute atomic E-state index is 0.427. The third-order valence-electron chi connectivity index (χ3n) is 2.20. The lowest BCUT2D eigenvalue weighted by Crippen LogP contribution is -2.02. The average molecular weight is 232 g/mol. The highest BCUT2D eigenvalue weighted by Gasteiger charge is 2.13. The molecule has 0 spiro atoms. The monoisotopic (exact) mass is 232 g/mol. The maximum Gasteiger partial charge on any atom is 0.232 e. The number of methoxy groups -OCH3 is 1. The minimum atomic E-state index is -0.706. The van der Waals surface area contributed by atoms with E-state index < -0.39 is 6.10 Å². The van der Waals surface area contributed by atoms with Crippen LogP contribution in [0.3, 0.4) is 0 Å².